The Bertz CT molecular complexity index is 3720. The van der Waals surface area contributed by atoms with E-state index < -0.39 is 65.4 Å². The fraction of sp³-hybridized carbons (Fsp3) is 0.250. The number of carbonyl (C=O) groups excluding carboxylic acids is 4. The van der Waals surface area contributed by atoms with Crippen LogP contribution in [0.25, 0.3) is 11.0 Å². The number of hydrogen-bond acceptors (Lipinski definition) is 12. The molecule has 7 atom stereocenters. The van der Waals surface area contributed by atoms with Crippen molar-refractivity contribution in [2.75, 3.05) is 38.9 Å². The van der Waals surface area contributed by atoms with Crippen LogP contribution in [-0.2, 0) is 44.0 Å². The number of morpholine rings is 1. The highest BCUT2D eigenvalue weighted by Crippen LogP contribution is 2.66. The number of esters is 1. The Kier molecular flexibility index (Phi) is 13.8. The molecule has 80 heavy (non-hydrogen) atoms. The van der Waals surface area contributed by atoms with Gasteiger partial charge in [0.2, 0.25) is 11.8 Å². The van der Waals surface area contributed by atoms with Crippen LogP contribution in [-0.4, -0.2) is 93.7 Å². The number of aromatic nitrogens is 3. The maximum Gasteiger partial charge on any atom is 0.329 e. The van der Waals surface area contributed by atoms with Crippen molar-refractivity contribution < 1.29 is 43.2 Å². The van der Waals surface area contributed by atoms with E-state index in [0.717, 1.165) is 38.2 Å². The molecule has 0 bridgehead atoms. The maximum atomic E-state index is 17.1. The number of rotatable bonds is 12. The molecule has 4 aliphatic heterocycles. The van der Waals surface area contributed by atoms with Gasteiger partial charge in [0.25, 0.3) is 0 Å². The number of aliphatic hydroxyl groups is 1. The molecule has 2 saturated heterocycles. The first-order valence-corrected chi connectivity index (χ1v) is 26.7. The molecule has 4 amide bonds. The van der Waals surface area contributed by atoms with E-state index in [1.807, 2.05) is 151 Å². The second-order valence-electron chi connectivity index (χ2n) is 20.4. The van der Waals surface area contributed by atoms with Crippen LogP contribution in [0.4, 0.5) is 10.5 Å². The van der Waals surface area contributed by atoms with E-state index in [0.29, 0.717) is 45.9 Å². The lowest BCUT2D eigenvalue weighted by molar-refractivity contribution is -0.179. The van der Waals surface area contributed by atoms with Crippen LogP contribution < -0.4 is 24.4 Å². The molecule has 16 heteroatoms. The number of aliphatic hydroxyl groups excluding tert-OH is 1. The number of amides is 4. The number of fused-ring (bicyclic) bond motifs is 5. The number of urea groups is 1. The second kappa shape index (κ2) is 21.5. The van der Waals surface area contributed by atoms with E-state index in [4.69, 9.17) is 18.9 Å². The number of hydrogen-bond donors (Lipinski definition) is 2. The van der Waals surface area contributed by atoms with E-state index in [2.05, 4.69) is 27.5 Å². The molecule has 0 aliphatic carbocycles. The molecule has 402 valence electrons. The Balaban J connectivity index is 1.11. The molecule has 4 aliphatic rings. The van der Waals surface area contributed by atoms with Gasteiger partial charge < -0.3 is 34.3 Å². The van der Waals surface area contributed by atoms with Gasteiger partial charge in [0.05, 0.1) is 56.1 Å². The van der Waals surface area contributed by atoms with Crippen LogP contribution in [0.2, 0.25) is 0 Å². The van der Waals surface area contributed by atoms with Crippen molar-refractivity contribution in [2.24, 2.45) is 5.92 Å². The molecule has 0 radical (unpaired) electrons. The lowest BCUT2D eigenvalue weighted by atomic mass is 9.64. The van der Waals surface area contributed by atoms with Gasteiger partial charge in [0.15, 0.2) is 11.5 Å². The number of nitrogens with one attached hydrogen (secondary N) is 1. The third-order valence-corrected chi connectivity index (χ3v) is 16.0. The highest BCUT2D eigenvalue weighted by atomic mass is 16.6. The topological polar surface area (TPSA) is 178 Å². The van der Waals surface area contributed by atoms with Gasteiger partial charge in [-0.2, -0.15) is 0 Å². The average molecular weight is 1070 g/mol. The predicted octanol–water partition coefficient (Wildman–Crippen LogP) is 8.59. The summed E-state index contributed by atoms with van der Waals surface area (Å²) in [5.74, 6) is 4.66. The highest BCUT2D eigenvalue weighted by Gasteiger charge is 2.76. The highest BCUT2D eigenvalue weighted by molar-refractivity contribution is 6.24. The van der Waals surface area contributed by atoms with E-state index in [1.54, 1.807) is 54.1 Å². The number of imide groups is 1. The first kappa shape index (κ1) is 51.5. The summed E-state index contributed by atoms with van der Waals surface area (Å²) in [5.41, 5.74) is 5.13. The fourth-order valence-electron chi connectivity index (χ4n) is 12.5. The Morgan fingerprint density at radius 3 is 2.17 bits per heavy atom. The number of methoxy groups -OCH3 is 2. The number of carbonyl (C=O) groups is 4. The molecular weight excluding hydrogens is 1010 g/mol. The zero-order chi connectivity index (χ0) is 55.1. The molecule has 1 spiro atoms. The quantitative estimate of drug-likeness (QED) is 0.0881. The molecule has 5 heterocycles. The number of benzene rings is 7. The van der Waals surface area contributed by atoms with E-state index in [1.165, 1.54) is 0 Å². The molecule has 12 rings (SSSR count). The smallest absolute Gasteiger partial charge is 0.329 e. The summed E-state index contributed by atoms with van der Waals surface area (Å²) >= 11 is 0. The van der Waals surface area contributed by atoms with Gasteiger partial charge in [0.1, 0.15) is 42.0 Å². The predicted molar refractivity (Wildman–Crippen MR) is 297 cm³/mol. The molecule has 8 aromatic rings. The van der Waals surface area contributed by atoms with Crippen LogP contribution in [0.3, 0.4) is 0 Å². The Morgan fingerprint density at radius 2 is 1.46 bits per heavy atom. The third-order valence-electron chi connectivity index (χ3n) is 16.0. The number of para-hydroxylation sites is 1. The number of anilines is 1. The van der Waals surface area contributed by atoms with Gasteiger partial charge in [-0.15, -0.1) is 5.10 Å². The Hall–Kier alpha value is -9.30. The minimum Gasteiger partial charge on any atom is -0.493 e. The molecule has 7 unspecified atom stereocenters. The van der Waals surface area contributed by atoms with Gasteiger partial charge in [-0.3, -0.25) is 19.3 Å². The van der Waals surface area contributed by atoms with Crippen molar-refractivity contribution in [1.82, 2.24) is 30.1 Å². The zero-order valence-corrected chi connectivity index (χ0v) is 44.3. The summed E-state index contributed by atoms with van der Waals surface area (Å²) in [4.78, 5) is 70.1. The SMILES string of the molecule is COc1cc2c(cc1OC)CN(C(=O)C1C3C(=O)OC(c4ccccc4)C(c4ccccc4)N3C(c3ccc(OCCO)cc3)C13C(=O)N(C(=O)NC(C)c1ccccc1)c1ccc(C#CCn4nnc5ccccc54)cc13)CC2. The first-order valence-electron chi connectivity index (χ1n) is 26.7. The van der Waals surface area contributed by atoms with Gasteiger partial charge >= 0.3 is 12.0 Å². The molecule has 2 N–H and O–H groups in total. The van der Waals surface area contributed by atoms with Crippen molar-refractivity contribution >= 4 is 40.5 Å². The van der Waals surface area contributed by atoms with E-state index in [9.17, 15) is 5.11 Å². The number of nitrogens with zero attached hydrogens (tertiary/aromatic N) is 6. The normalized spacial score (nSPS) is 21.4. The summed E-state index contributed by atoms with van der Waals surface area (Å²) in [6, 6.07) is 47.7. The summed E-state index contributed by atoms with van der Waals surface area (Å²) in [5, 5.41) is 21.5. The lowest BCUT2D eigenvalue weighted by Crippen LogP contribution is -2.57. The maximum absolute atomic E-state index is 17.1. The van der Waals surface area contributed by atoms with Gasteiger partial charge in [-0.1, -0.05) is 132 Å². The fourth-order valence-corrected chi connectivity index (χ4v) is 12.5. The number of ether oxygens (including phenoxy) is 4. The van der Waals surface area contributed by atoms with Crippen LogP contribution in [0, 0.1) is 17.8 Å². The summed E-state index contributed by atoms with van der Waals surface area (Å²) in [6.07, 6.45) is -0.502. The van der Waals surface area contributed by atoms with Crippen molar-refractivity contribution in [1.29, 1.82) is 0 Å². The molecule has 0 saturated carbocycles. The van der Waals surface area contributed by atoms with Gasteiger partial charge in [-0.05, 0) is 107 Å². The molecule has 2 fully saturated rings. The summed E-state index contributed by atoms with van der Waals surface area (Å²) < 4.78 is 25.8. The van der Waals surface area contributed by atoms with Crippen molar-refractivity contribution in [3.05, 3.63) is 214 Å². The Labute approximate surface area is 462 Å². The monoisotopic (exact) mass is 1070 g/mol. The lowest BCUT2D eigenvalue weighted by Gasteiger charge is -2.46. The van der Waals surface area contributed by atoms with Crippen LogP contribution >= 0.6 is 0 Å². The molecule has 7 aromatic carbocycles. The third kappa shape index (κ3) is 8.84. The second-order valence-corrected chi connectivity index (χ2v) is 20.4. The minimum atomic E-state index is -2.05. The van der Waals surface area contributed by atoms with Crippen LogP contribution in [0.5, 0.6) is 17.2 Å². The van der Waals surface area contributed by atoms with Crippen LogP contribution in [0.1, 0.15) is 75.7 Å². The van der Waals surface area contributed by atoms with E-state index >= 15 is 19.2 Å². The van der Waals surface area contributed by atoms with Crippen molar-refractivity contribution in [3.63, 3.8) is 0 Å². The number of cyclic esters (lactones) is 1. The van der Waals surface area contributed by atoms with Crippen LogP contribution in [0.15, 0.2) is 170 Å². The molecule has 16 nitrogen and oxygen atoms in total. The summed E-state index contributed by atoms with van der Waals surface area (Å²) in [6.45, 7) is 2.18. The van der Waals surface area contributed by atoms with Gasteiger partial charge in [-0.25, -0.2) is 14.4 Å². The Morgan fingerprint density at radius 1 is 0.787 bits per heavy atom. The molecular formula is C64H57N7O9. The van der Waals surface area contributed by atoms with E-state index in [-0.39, 0.29) is 38.5 Å². The summed E-state index contributed by atoms with van der Waals surface area (Å²) in [7, 11) is 3.13. The largest absolute Gasteiger partial charge is 0.493 e. The zero-order valence-electron chi connectivity index (χ0n) is 44.3. The minimum absolute atomic E-state index is 0.0318. The average Bonchev–Trinajstić information content (AvgIpc) is 4.35. The van der Waals surface area contributed by atoms with Crippen molar-refractivity contribution in [2.45, 2.75) is 62.1 Å². The van der Waals surface area contributed by atoms with Gasteiger partial charge in [0, 0.05) is 18.7 Å². The van der Waals surface area contributed by atoms with Crippen molar-refractivity contribution in [3.8, 4) is 29.1 Å². The standard InChI is InChI=1S/C64H57N7O9/c1-40(42-17-7-4-8-18-42)65-63(76)70-51-30-25-41(16-15-32-69-52-24-14-13-23-50(52)66-67-69)36-49(51)64(62(70)75)55(60(73)68-33-31-46-37-53(77-2)54(78-3)38-47(46)39-68)57-61(74)80-58(44-21-11-6-12-22-44)56(43-19-9-5-10-20-43)71(57)59(64)45-26-28-48(29-27-45)79-35-34-72/h4-14,17-30,36-38,40,55-59,72H,31-35,39H2,1-3H3,(H,65,76). The first-order chi connectivity index (χ1) is 39.1. The molecule has 1 aromatic heterocycles.